The number of sulfonamides is 1. The number of carbonyl (C=O) groups excluding carboxylic acids is 1. The van der Waals surface area contributed by atoms with Crippen molar-refractivity contribution in [2.75, 3.05) is 10.0 Å². The first kappa shape index (κ1) is 23.8. The third-order valence-electron chi connectivity index (χ3n) is 4.53. The van der Waals surface area contributed by atoms with Gasteiger partial charge in [0, 0.05) is 5.69 Å². The number of anilines is 2. The number of amides is 1. The molecule has 14 heteroatoms. The van der Waals surface area contributed by atoms with Gasteiger partial charge in [-0.15, -0.1) is 15.3 Å². The van der Waals surface area contributed by atoms with Crippen LogP contribution in [0.1, 0.15) is 18.4 Å². The fourth-order valence-corrected chi connectivity index (χ4v) is 5.62. The Hall–Kier alpha value is -3.36. The number of para-hydroxylation sites is 1. The summed E-state index contributed by atoms with van der Waals surface area (Å²) < 4.78 is 29.1. The van der Waals surface area contributed by atoms with Gasteiger partial charge in [-0.1, -0.05) is 48.2 Å². The molecule has 1 unspecified atom stereocenters. The predicted molar refractivity (Wildman–Crippen MR) is 130 cm³/mol. The summed E-state index contributed by atoms with van der Waals surface area (Å²) in [6.07, 6.45) is 0.537. The third kappa shape index (κ3) is 5.58. The molecule has 11 nitrogen and oxygen atoms in total. The zero-order valence-corrected chi connectivity index (χ0v) is 20.6. The van der Waals surface area contributed by atoms with E-state index in [0.29, 0.717) is 22.3 Å². The van der Waals surface area contributed by atoms with Gasteiger partial charge >= 0.3 is 0 Å². The van der Waals surface area contributed by atoms with Gasteiger partial charge in [-0.05, 0) is 60.2 Å². The number of nitrogens with zero attached hydrogens (tertiary/aromatic N) is 6. The molecule has 176 valence electrons. The Balaban J connectivity index is 1.42. The summed E-state index contributed by atoms with van der Waals surface area (Å²) in [5.74, 6) is -0.242. The van der Waals surface area contributed by atoms with Crippen molar-refractivity contribution in [2.24, 2.45) is 0 Å². The summed E-state index contributed by atoms with van der Waals surface area (Å²) in [7, 11) is -3.82. The maximum absolute atomic E-state index is 12.9. The van der Waals surface area contributed by atoms with Gasteiger partial charge in [0.1, 0.15) is 5.01 Å². The fourth-order valence-electron chi connectivity index (χ4n) is 2.88. The third-order valence-corrected chi connectivity index (χ3v) is 8.07. The molecule has 0 fully saturated rings. The lowest BCUT2D eigenvalue weighted by Gasteiger charge is -2.14. The average Bonchev–Trinajstić information content (AvgIpc) is 3.46. The van der Waals surface area contributed by atoms with E-state index in [-0.39, 0.29) is 15.9 Å². The summed E-state index contributed by atoms with van der Waals surface area (Å²) in [5, 5.41) is 23.1. The van der Waals surface area contributed by atoms with E-state index in [1.807, 2.05) is 37.3 Å². The first-order chi connectivity index (χ1) is 16.4. The minimum atomic E-state index is -3.82. The molecular formula is C20H20N8O3S3. The molecule has 4 rings (SSSR count). The molecule has 0 spiro atoms. The highest BCUT2D eigenvalue weighted by molar-refractivity contribution is 8.00. The van der Waals surface area contributed by atoms with Crippen LogP contribution in [0.2, 0.25) is 0 Å². The van der Waals surface area contributed by atoms with Gasteiger partial charge in [-0.25, -0.2) is 8.42 Å². The molecule has 2 aromatic carbocycles. The Labute approximate surface area is 204 Å². The van der Waals surface area contributed by atoms with Crippen molar-refractivity contribution in [1.82, 2.24) is 30.4 Å². The van der Waals surface area contributed by atoms with Crippen LogP contribution in [-0.2, 0) is 14.8 Å². The SMILES string of the molecule is CCC(Sc1nnnn1-c1ccccc1)C(=O)Nc1ccc(S(=O)(=O)Nc2nnc(C)s2)cc1. The predicted octanol–water partition coefficient (Wildman–Crippen LogP) is 3.13. The van der Waals surface area contributed by atoms with Gasteiger partial charge in [0.25, 0.3) is 10.0 Å². The lowest BCUT2D eigenvalue weighted by atomic mass is 10.3. The van der Waals surface area contributed by atoms with Gasteiger partial charge in [0.05, 0.1) is 15.8 Å². The van der Waals surface area contributed by atoms with Crippen molar-refractivity contribution in [1.29, 1.82) is 0 Å². The summed E-state index contributed by atoms with van der Waals surface area (Å²) >= 11 is 2.39. The number of tetrazole rings is 1. The molecule has 2 aromatic heterocycles. The van der Waals surface area contributed by atoms with Gasteiger partial charge in [0.15, 0.2) is 0 Å². The molecule has 0 bridgehead atoms. The number of aryl methyl sites for hydroxylation is 1. The summed E-state index contributed by atoms with van der Waals surface area (Å²) in [4.78, 5) is 12.9. The van der Waals surface area contributed by atoms with E-state index < -0.39 is 15.3 Å². The second kappa shape index (κ2) is 10.3. The molecule has 0 saturated heterocycles. The quantitative estimate of drug-likeness (QED) is 0.320. The molecule has 34 heavy (non-hydrogen) atoms. The lowest BCUT2D eigenvalue weighted by Crippen LogP contribution is -2.25. The lowest BCUT2D eigenvalue weighted by molar-refractivity contribution is -0.115. The molecule has 0 saturated carbocycles. The van der Waals surface area contributed by atoms with Crippen LogP contribution in [-0.4, -0.2) is 50.0 Å². The number of thioether (sulfide) groups is 1. The Bertz CT molecular complexity index is 1370. The van der Waals surface area contributed by atoms with E-state index in [9.17, 15) is 13.2 Å². The number of hydrogen-bond acceptors (Lipinski definition) is 10. The first-order valence-corrected chi connectivity index (χ1v) is 13.3. The van der Waals surface area contributed by atoms with Gasteiger partial charge in [0.2, 0.25) is 16.2 Å². The van der Waals surface area contributed by atoms with Crippen molar-refractivity contribution in [3.8, 4) is 5.69 Å². The molecule has 1 atom stereocenters. The van der Waals surface area contributed by atoms with Crippen LogP contribution in [0.15, 0.2) is 64.6 Å². The Kier molecular flexibility index (Phi) is 7.19. The van der Waals surface area contributed by atoms with Gasteiger partial charge in [-0.3, -0.25) is 9.52 Å². The maximum atomic E-state index is 12.9. The smallest absolute Gasteiger partial charge is 0.263 e. The molecule has 1 amide bonds. The van der Waals surface area contributed by atoms with Gasteiger partial charge < -0.3 is 5.32 Å². The zero-order valence-electron chi connectivity index (χ0n) is 18.1. The number of hydrogen-bond donors (Lipinski definition) is 2. The number of rotatable bonds is 9. The number of carbonyl (C=O) groups is 1. The Morgan fingerprint density at radius 3 is 2.47 bits per heavy atom. The zero-order chi connectivity index (χ0) is 24.1. The second-order valence-corrected chi connectivity index (χ2v) is 11.0. The fraction of sp³-hybridized carbons (Fsp3) is 0.200. The second-order valence-electron chi connectivity index (χ2n) is 6.97. The molecular weight excluding hydrogens is 496 g/mol. The normalized spacial score (nSPS) is 12.3. The monoisotopic (exact) mass is 516 g/mol. The molecule has 2 heterocycles. The van der Waals surface area contributed by atoms with Crippen molar-refractivity contribution < 1.29 is 13.2 Å². The standard InChI is InChI=1S/C20H20N8O3S3/c1-3-17(33-20-24-26-27-28(20)15-7-5-4-6-8-15)18(29)21-14-9-11-16(12-10-14)34(30,31)25-19-23-22-13(2)32-19/h4-12,17H,3H2,1-2H3,(H,21,29)(H,23,25). The van der Waals surface area contributed by atoms with Crippen molar-refractivity contribution in [3.63, 3.8) is 0 Å². The largest absolute Gasteiger partial charge is 0.325 e. The first-order valence-electron chi connectivity index (χ1n) is 10.1. The minimum absolute atomic E-state index is 0.0433. The van der Waals surface area contributed by atoms with Crippen LogP contribution in [0, 0.1) is 6.92 Å². The van der Waals surface area contributed by atoms with E-state index in [2.05, 4.69) is 35.8 Å². The summed E-state index contributed by atoms with van der Waals surface area (Å²) in [5.41, 5.74) is 1.26. The Morgan fingerprint density at radius 1 is 1.09 bits per heavy atom. The molecule has 0 radical (unpaired) electrons. The van der Waals surface area contributed by atoms with Gasteiger partial charge in [-0.2, -0.15) is 4.68 Å². The number of benzene rings is 2. The highest BCUT2D eigenvalue weighted by Crippen LogP contribution is 2.26. The topological polar surface area (TPSA) is 145 Å². The highest BCUT2D eigenvalue weighted by atomic mass is 32.2. The van der Waals surface area contributed by atoms with E-state index in [1.165, 1.54) is 36.0 Å². The molecule has 0 aliphatic carbocycles. The van der Waals surface area contributed by atoms with E-state index in [4.69, 9.17) is 0 Å². The van der Waals surface area contributed by atoms with Crippen molar-refractivity contribution in [2.45, 2.75) is 35.6 Å². The molecule has 2 N–H and O–H groups in total. The minimum Gasteiger partial charge on any atom is -0.325 e. The number of aromatic nitrogens is 6. The Morgan fingerprint density at radius 2 is 1.82 bits per heavy atom. The van der Waals surface area contributed by atoms with Crippen LogP contribution in [0.4, 0.5) is 10.8 Å². The van der Waals surface area contributed by atoms with Crippen molar-refractivity contribution >= 4 is 49.8 Å². The number of nitrogens with one attached hydrogen (secondary N) is 2. The van der Waals surface area contributed by atoms with Crippen LogP contribution >= 0.6 is 23.1 Å². The molecule has 4 aromatic rings. The highest BCUT2D eigenvalue weighted by Gasteiger charge is 2.23. The summed E-state index contributed by atoms with van der Waals surface area (Å²) in [6, 6.07) is 15.3. The van der Waals surface area contributed by atoms with Crippen LogP contribution in [0.25, 0.3) is 5.69 Å². The van der Waals surface area contributed by atoms with Crippen LogP contribution < -0.4 is 10.0 Å². The average molecular weight is 517 g/mol. The summed E-state index contributed by atoms with van der Waals surface area (Å²) in [6.45, 7) is 3.63. The molecule has 0 aliphatic rings. The van der Waals surface area contributed by atoms with E-state index >= 15 is 0 Å². The van der Waals surface area contributed by atoms with E-state index in [0.717, 1.165) is 17.0 Å². The maximum Gasteiger partial charge on any atom is 0.263 e. The van der Waals surface area contributed by atoms with Crippen LogP contribution in [0.5, 0.6) is 0 Å². The van der Waals surface area contributed by atoms with Crippen molar-refractivity contribution in [3.05, 3.63) is 59.6 Å². The molecule has 0 aliphatic heterocycles. The van der Waals surface area contributed by atoms with E-state index in [1.54, 1.807) is 11.6 Å². The van der Waals surface area contributed by atoms with Crippen LogP contribution in [0.3, 0.4) is 0 Å².